The second-order valence-electron chi connectivity index (χ2n) is 7.74. The van der Waals surface area contributed by atoms with Crippen molar-refractivity contribution in [3.63, 3.8) is 0 Å². The Labute approximate surface area is 140 Å². The topological polar surface area (TPSA) is 42.0 Å². The molecule has 1 amide bonds. The van der Waals surface area contributed by atoms with Crippen molar-refractivity contribution >= 4 is 5.91 Å². The lowest BCUT2D eigenvalue weighted by molar-refractivity contribution is 0.0884. The van der Waals surface area contributed by atoms with E-state index in [0.29, 0.717) is 11.6 Å². The Bertz CT molecular complexity index is 526. The van der Waals surface area contributed by atoms with Crippen molar-refractivity contribution in [1.82, 2.24) is 10.3 Å². The highest BCUT2D eigenvalue weighted by atomic mass is 16.2. The molecule has 1 heterocycles. The van der Waals surface area contributed by atoms with Crippen LogP contribution < -0.4 is 5.32 Å². The summed E-state index contributed by atoms with van der Waals surface area (Å²) in [6.07, 6.45) is 15.5. The summed E-state index contributed by atoms with van der Waals surface area (Å²) in [6.45, 7) is 2.21. The van der Waals surface area contributed by atoms with Crippen LogP contribution in [0.4, 0.5) is 0 Å². The third kappa shape index (κ3) is 4.33. The fourth-order valence-corrected chi connectivity index (χ4v) is 4.23. The van der Waals surface area contributed by atoms with Gasteiger partial charge in [0.25, 0.3) is 5.91 Å². The summed E-state index contributed by atoms with van der Waals surface area (Å²) < 4.78 is 0. The van der Waals surface area contributed by atoms with Crippen LogP contribution in [0.15, 0.2) is 18.3 Å². The molecule has 3 nitrogen and oxygen atoms in total. The molecular formula is C20H30N2O. The van der Waals surface area contributed by atoms with Gasteiger partial charge in [-0.1, -0.05) is 44.9 Å². The minimum atomic E-state index is -0.0669. The predicted molar refractivity (Wildman–Crippen MR) is 93.6 cm³/mol. The number of pyridine rings is 1. The van der Waals surface area contributed by atoms with Crippen LogP contribution in [0.1, 0.15) is 99.5 Å². The molecule has 0 saturated heterocycles. The van der Waals surface area contributed by atoms with E-state index >= 15 is 0 Å². The van der Waals surface area contributed by atoms with Gasteiger partial charge in [-0.2, -0.15) is 0 Å². The second-order valence-corrected chi connectivity index (χ2v) is 7.74. The Hall–Kier alpha value is -1.38. The maximum atomic E-state index is 12.7. The Morgan fingerprint density at radius 3 is 2.43 bits per heavy atom. The maximum absolute atomic E-state index is 12.7. The summed E-state index contributed by atoms with van der Waals surface area (Å²) in [4.78, 5) is 17.0. The number of aromatic nitrogens is 1. The summed E-state index contributed by atoms with van der Waals surface area (Å²) in [5, 5.41) is 3.30. The lowest BCUT2D eigenvalue weighted by Crippen LogP contribution is -2.46. The quantitative estimate of drug-likeness (QED) is 0.855. The molecule has 0 spiro atoms. The van der Waals surface area contributed by atoms with Crippen molar-refractivity contribution in [3.05, 3.63) is 29.6 Å². The number of carbonyl (C=O) groups is 1. The second kappa shape index (κ2) is 7.46. The van der Waals surface area contributed by atoms with E-state index in [0.717, 1.165) is 12.8 Å². The molecule has 1 aromatic heterocycles. The molecule has 2 saturated carbocycles. The Kier molecular flexibility index (Phi) is 5.34. The Balaban J connectivity index is 1.68. The summed E-state index contributed by atoms with van der Waals surface area (Å²) in [5.41, 5.74) is 1.82. The molecule has 23 heavy (non-hydrogen) atoms. The summed E-state index contributed by atoms with van der Waals surface area (Å²) >= 11 is 0. The van der Waals surface area contributed by atoms with E-state index in [2.05, 4.69) is 23.3 Å². The number of hydrogen-bond acceptors (Lipinski definition) is 2. The number of rotatable bonds is 3. The van der Waals surface area contributed by atoms with Crippen molar-refractivity contribution in [2.24, 2.45) is 0 Å². The number of amides is 1. The zero-order chi connectivity index (χ0) is 16.1. The highest BCUT2D eigenvalue weighted by Gasteiger charge is 2.28. The highest BCUT2D eigenvalue weighted by molar-refractivity contribution is 5.92. The molecule has 0 radical (unpaired) electrons. The van der Waals surface area contributed by atoms with Gasteiger partial charge < -0.3 is 5.32 Å². The van der Waals surface area contributed by atoms with Crippen LogP contribution in [0.3, 0.4) is 0 Å². The van der Waals surface area contributed by atoms with E-state index in [4.69, 9.17) is 0 Å². The molecule has 0 atom stereocenters. The van der Waals surface area contributed by atoms with Gasteiger partial charge in [0, 0.05) is 11.7 Å². The fourth-order valence-electron chi connectivity index (χ4n) is 4.23. The molecule has 0 aliphatic heterocycles. The molecule has 2 aliphatic carbocycles. The molecule has 0 aromatic carbocycles. The molecule has 1 aromatic rings. The van der Waals surface area contributed by atoms with Crippen molar-refractivity contribution < 1.29 is 4.79 Å². The van der Waals surface area contributed by atoms with E-state index in [-0.39, 0.29) is 11.4 Å². The first-order valence-corrected chi connectivity index (χ1v) is 9.45. The maximum Gasteiger partial charge on any atom is 0.270 e. The summed E-state index contributed by atoms with van der Waals surface area (Å²) in [5.74, 6) is 0.634. The minimum absolute atomic E-state index is 0.00733. The SMILES string of the molecule is CC1(NC(=O)c2cc(C3CCCC3)ccn2)CCCCCCC1. The first kappa shape index (κ1) is 16.5. The summed E-state index contributed by atoms with van der Waals surface area (Å²) in [6, 6.07) is 4.11. The molecule has 3 heteroatoms. The van der Waals surface area contributed by atoms with E-state index < -0.39 is 0 Å². The fraction of sp³-hybridized carbons (Fsp3) is 0.700. The molecular weight excluding hydrogens is 284 g/mol. The molecule has 1 N–H and O–H groups in total. The lowest BCUT2D eigenvalue weighted by atomic mass is 9.85. The smallest absolute Gasteiger partial charge is 0.270 e. The van der Waals surface area contributed by atoms with Gasteiger partial charge in [-0.15, -0.1) is 0 Å². The van der Waals surface area contributed by atoms with Crippen LogP contribution >= 0.6 is 0 Å². The van der Waals surface area contributed by atoms with Crippen LogP contribution in [-0.4, -0.2) is 16.4 Å². The average molecular weight is 314 g/mol. The summed E-state index contributed by atoms with van der Waals surface area (Å²) in [7, 11) is 0. The average Bonchev–Trinajstić information content (AvgIpc) is 3.06. The Morgan fingerprint density at radius 2 is 1.74 bits per heavy atom. The third-order valence-corrected chi connectivity index (χ3v) is 5.72. The van der Waals surface area contributed by atoms with Crippen molar-refractivity contribution in [1.29, 1.82) is 0 Å². The van der Waals surface area contributed by atoms with Crippen LogP contribution in [0.25, 0.3) is 0 Å². The zero-order valence-corrected chi connectivity index (χ0v) is 14.4. The predicted octanol–water partition coefficient (Wildman–Crippen LogP) is 4.97. The van der Waals surface area contributed by atoms with Gasteiger partial charge in [0.15, 0.2) is 0 Å². The van der Waals surface area contributed by atoms with Crippen molar-refractivity contribution in [3.8, 4) is 0 Å². The number of nitrogens with zero attached hydrogens (tertiary/aromatic N) is 1. The lowest BCUT2D eigenvalue weighted by Gasteiger charge is -2.32. The van der Waals surface area contributed by atoms with Gasteiger partial charge in [0.05, 0.1) is 0 Å². The number of carbonyl (C=O) groups excluding carboxylic acids is 1. The largest absolute Gasteiger partial charge is 0.346 e. The monoisotopic (exact) mass is 314 g/mol. The highest BCUT2D eigenvalue weighted by Crippen LogP contribution is 2.34. The van der Waals surface area contributed by atoms with Crippen LogP contribution in [0.5, 0.6) is 0 Å². The molecule has 0 unspecified atom stereocenters. The van der Waals surface area contributed by atoms with Gasteiger partial charge in [-0.25, -0.2) is 0 Å². The molecule has 2 fully saturated rings. The standard InChI is InChI=1S/C20H30N2O/c1-20(12-7-3-2-4-8-13-20)22-19(23)18-15-17(11-14-21-18)16-9-5-6-10-16/h11,14-16H,2-10,12-13H2,1H3,(H,22,23). The molecule has 3 rings (SSSR count). The van der Waals surface area contributed by atoms with Gasteiger partial charge in [-0.3, -0.25) is 9.78 Å². The van der Waals surface area contributed by atoms with Crippen LogP contribution in [-0.2, 0) is 0 Å². The number of nitrogens with one attached hydrogen (secondary N) is 1. The van der Waals surface area contributed by atoms with E-state index in [1.54, 1.807) is 0 Å². The normalized spacial score (nSPS) is 22.3. The molecule has 126 valence electrons. The van der Waals surface area contributed by atoms with E-state index in [1.165, 1.54) is 63.4 Å². The minimum Gasteiger partial charge on any atom is -0.346 e. The Morgan fingerprint density at radius 1 is 1.09 bits per heavy atom. The third-order valence-electron chi connectivity index (χ3n) is 5.72. The van der Waals surface area contributed by atoms with Crippen molar-refractivity contribution in [2.45, 2.75) is 89.0 Å². The van der Waals surface area contributed by atoms with Gasteiger partial charge in [0.1, 0.15) is 5.69 Å². The van der Waals surface area contributed by atoms with Crippen molar-refractivity contribution in [2.75, 3.05) is 0 Å². The van der Waals surface area contributed by atoms with E-state index in [1.807, 2.05) is 12.3 Å². The van der Waals surface area contributed by atoms with Gasteiger partial charge in [-0.05, 0) is 56.2 Å². The van der Waals surface area contributed by atoms with Gasteiger partial charge >= 0.3 is 0 Å². The number of hydrogen-bond donors (Lipinski definition) is 1. The zero-order valence-electron chi connectivity index (χ0n) is 14.4. The van der Waals surface area contributed by atoms with E-state index in [9.17, 15) is 4.79 Å². The van der Waals surface area contributed by atoms with Crippen LogP contribution in [0.2, 0.25) is 0 Å². The van der Waals surface area contributed by atoms with Gasteiger partial charge in [0.2, 0.25) is 0 Å². The first-order chi connectivity index (χ1) is 11.2. The first-order valence-electron chi connectivity index (χ1n) is 9.45. The molecule has 2 aliphatic rings. The van der Waals surface area contributed by atoms with Crippen LogP contribution in [0, 0.1) is 0 Å². The molecule has 0 bridgehead atoms.